The van der Waals surface area contributed by atoms with Crippen molar-refractivity contribution in [3.63, 3.8) is 0 Å². The monoisotopic (exact) mass is 318 g/mol. The van der Waals surface area contributed by atoms with Crippen LogP contribution in [0.3, 0.4) is 0 Å². The minimum Gasteiger partial charge on any atom is -0.452 e. The second-order valence-corrected chi connectivity index (χ2v) is 5.42. The van der Waals surface area contributed by atoms with Crippen molar-refractivity contribution in [2.24, 2.45) is 0 Å². The van der Waals surface area contributed by atoms with E-state index in [9.17, 15) is 19.2 Å². The first kappa shape index (κ1) is 16.7. The third-order valence-corrected chi connectivity index (χ3v) is 3.51. The van der Waals surface area contributed by atoms with Crippen molar-refractivity contribution in [3.05, 3.63) is 35.4 Å². The molecule has 1 aromatic rings. The van der Waals surface area contributed by atoms with Gasteiger partial charge in [-0.25, -0.2) is 0 Å². The Morgan fingerprint density at radius 1 is 1.13 bits per heavy atom. The predicted molar refractivity (Wildman–Crippen MR) is 80.7 cm³/mol. The minimum absolute atomic E-state index is 0.0753. The summed E-state index contributed by atoms with van der Waals surface area (Å²) < 4.78 is 5.00. The number of imide groups is 1. The van der Waals surface area contributed by atoms with Gasteiger partial charge in [-0.05, 0) is 19.1 Å². The van der Waals surface area contributed by atoms with Crippen LogP contribution in [-0.4, -0.2) is 60.2 Å². The van der Waals surface area contributed by atoms with E-state index in [4.69, 9.17) is 4.74 Å². The van der Waals surface area contributed by atoms with Crippen LogP contribution in [0, 0.1) is 0 Å². The number of benzene rings is 1. The van der Waals surface area contributed by atoms with Gasteiger partial charge < -0.3 is 9.64 Å². The first-order valence-corrected chi connectivity index (χ1v) is 7.18. The lowest BCUT2D eigenvalue weighted by Crippen LogP contribution is -2.36. The van der Waals surface area contributed by atoms with Gasteiger partial charge in [-0.3, -0.25) is 24.1 Å². The maximum Gasteiger partial charge on any atom is 0.308 e. The van der Waals surface area contributed by atoms with Gasteiger partial charge in [0, 0.05) is 20.6 Å². The minimum atomic E-state index is -0.903. The molecule has 0 radical (unpaired) electrons. The van der Waals surface area contributed by atoms with Crippen LogP contribution in [0.15, 0.2) is 24.3 Å². The Balaban J connectivity index is 1.92. The van der Waals surface area contributed by atoms with Gasteiger partial charge in [-0.15, -0.1) is 0 Å². The van der Waals surface area contributed by atoms with Crippen LogP contribution in [0.2, 0.25) is 0 Å². The van der Waals surface area contributed by atoms with Crippen molar-refractivity contribution in [2.45, 2.75) is 19.4 Å². The molecule has 0 unspecified atom stereocenters. The highest BCUT2D eigenvalue weighted by atomic mass is 16.5. The molecule has 122 valence electrons. The number of nitrogens with zero attached hydrogens (tertiary/aromatic N) is 2. The fourth-order valence-electron chi connectivity index (χ4n) is 2.32. The molecule has 7 nitrogen and oxygen atoms in total. The molecule has 1 aliphatic rings. The zero-order valence-corrected chi connectivity index (χ0v) is 13.2. The van der Waals surface area contributed by atoms with Crippen LogP contribution in [-0.2, 0) is 14.3 Å². The van der Waals surface area contributed by atoms with Crippen LogP contribution < -0.4 is 0 Å². The van der Waals surface area contributed by atoms with Crippen molar-refractivity contribution in [2.75, 3.05) is 20.6 Å². The summed E-state index contributed by atoms with van der Waals surface area (Å²) in [5.74, 6) is -1.81. The Kier molecular flexibility index (Phi) is 4.78. The van der Waals surface area contributed by atoms with Gasteiger partial charge in [0.15, 0.2) is 6.10 Å². The Morgan fingerprint density at radius 2 is 1.65 bits per heavy atom. The van der Waals surface area contributed by atoms with Crippen LogP contribution in [0.5, 0.6) is 0 Å². The van der Waals surface area contributed by atoms with E-state index in [1.165, 1.54) is 11.8 Å². The van der Waals surface area contributed by atoms with Crippen molar-refractivity contribution in [1.82, 2.24) is 9.80 Å². The maximum absolute atomic E-state index is 12.1. The molecule has 0 aromatic heterocycles. The van der Waals surface area contributed by atoms with E-state index in [2.05, 4.69) is 0 Å². The Labute approximate surface area is 133 Å². The maximum atomic E-state index is 12.1. The number of hydrogen-bond acceptors (Lipinski definition) is 5. The zero-order valence-electron chi connectivity index (χ0n) is 13.2. The quantitative estimate of drug-likeness (QED) is 0.589. The zero-order chi connectivity index (χ0) is 17.1. The van der Waals surface area contributed by atoms with Gasteiger partial charge in [0.2, 0.25) is 0 Å². The SMILES string of the molecule is C[C@H](OC(=O)CCN1C(=O)c2ccccc2C1=O)C(=O)N(C)C. The molecule has 2 rings (SSSR count). The molecule has 1 aromatic carbocycles. The van der Waals surface area contributed by atoms with Gasteiger partial charge in [-0.2, -0.15) is 0 Å². The highest BCUT2D eigenvalue weighted by Crippen LogP contribution is 2.22. The first-order chi connectivity index (χ1) is 10.8. The van der Waals surface area contributed by atoms with E-state index < -0.39 is 23.9 Å². The molecular formula is C16H18N2O5. The standard InChI is InChI=1S/C16H18N2O5/c1-10(14(20)17(2)3)23-13(19)8-9-18-15(21)11-6-4-5-7-12(11)16(18)22/h4-7,10H,8-9H2,1-3H3/t10-/m0/s1. The molecule has 1 heterocycles. The molecule has 0 saturated carbocycles. The number of carbonyl (C=O) groups is 4. The second kappa shape index (κ2) is 6.60. The van der Waals surface area contributed by atoms with Crippen LogP contribution in [0.4, 0.5) is 0 Å². The number of likely N-dealkylation sites (N-methyl/N-ethyl adjacent to an activating group) is 1. The van der Waals surface area contributed by atoms with Crippen molar-refractivity contribution in [1.29, 1.82) is 0 Å². The molecule has 0 fully saturated rings. The summed E-state index contributed by atoms with van der Waals surface area (Å²) in [5.41, 5.74) is 0.670. The van der Waals surface area contributed by atoms with E-state index in [1.54, 1.807) is 38.4 Å². The van der Waals surface area contributed by atoms with Crippen molar-refractivity contribution < 1.29 is 23.9 Å². The molecule has 7 heteroatoms. The first-order valence-electron chi connectivity index (χ1n) is 7.18. The molecule has 23 heavy (non-hydrogen) atoms. The third kappa shape index (κ3) is 3.39. The Hall–Kier alpha value is -2.70. The lowest BCUT2D eigenvalue weighted by Gasteiger charge is -2.18. The van der Waals surface area contributed by atoms with Crippen LogP contribution in [0.1, 0.15) is 34.1 Å². The molecule has 0 aliphatic carbocycles. The number of carbonyl (C=O) groups excluding carboxylic acids is 4. The summed E-state index contributed by atoms with van der Waals surface area (Å²) >= 11 is 0. The molecule has 1 aliphatic heterocycles. The van der Waals surface area contributed by atoms with E-state index in [0.717, 1.165) is 4.90 Å². The molecule has 1 atom stereocenters. The van der Waals surface area contributed by atoms with Gasteiger partial charge in [0.1, 0.15) is 0 Å². The lowest BCUT2D eigenvalue weighted by atomic mass is 10.1. The van der Waals surface area contributed by atoms with Crippen LogP contribution >= 0.6 is 0 Å². The normalized spacial score (nSPS) is 14.5. The van der Waals surface area contributed by atoms with E-state index in [0.29, 0.717) is 11.1 Å². The summed E-state index contributed by atoms with van der Waals surface area (Å²) in [6.45, 7) is 1.40. The molecule has 0 saturated heterocycles. The van der Waals surface area contributed by atoms with E-state index in [1.807, 2.05) is 0 Å². The number of esters is 1. The average Bonchev–Trinajstić information content (AvgIpc) is 2.76. The fourth-order valence-corrected chi connectivity index (χ4v) is 2.32. The predicted octanol–water partition coefficient (Wildman–Crippen LogP) is 0.693. The number of amides is 3. The van der Waals surface area contributed by atoms with Crippen molar-refractivity contribution in [3.8, 4) is 0 Å². The third-order valence-electron chi connectivity index (χ3n) is 3.51. The summed E-state index contributed by atoms with van der Waals surface area (Å²) in [7, 11) is 3.12. The molecule has 3 amide bonds. The lowest BCUT2D eigenvalue weighted by molar-refractivity contribution is -0.158. The van der Waals surface area contributed by atoms with E-state index >= 15 is 0 Å². The largest absolute Gasteiger partial charge is 0.452 e. The number of rotatable bonds is 5. The van der Waals surface area contributed by atoms with E-state index in [-0.39, 0.29) is 18.9 Å². The second-order valence-electron chi connectivity index (χ2n) is 5.42. The summed E-state index contributed by atoms with van der Waals surface area (Å²) in [5, 5.41) is 0. The van der Waals surface area contributed by atoms with Gasteiger partial charge in [0.25, 0.3) is 17.7 Å². The highest BCUT2D eigenvalue weighted by Gasteiger charge is 2.35. The van der Waals surface area contributed by atoms with Gasteiger partial charge in [-0.1, -0.05) is 12.1 Å². The smallest absolute Gasteiger partial charge is 0.308 e. The molecular weight excluding hydrogens is 300 g/mol. The Bertz CT molecular complexity index is 633. The number of ether oxygens (including phenoxy) is 1. The fraction of sp³-hybridized carbons (Fsp3) is 0.375. The topological polar surface area (TPSA) is 84.0 Å². The van der Waals surface area contributed by atoms with Crippen molar-refractivity contribution >= 4 is 23.7 Å². The summed E-state index contributed by atoms with van der Waals surface area (Å²) in [4.78, 5) is 50.0. The number of fused-ring (bicyclic) bond motifs is 1. The van der Waals surface area contributed by atoms with Crippen LogP contribution in [0.25, 0.3) is 0 Å². The van der Waals surface area contributed by atoms with Gasteiger partial charge >= 0.3 is 5.97 Å². The molecule has 0 bridgehead atoms. The summed E-state index contributed by atoms with van der Waals surface area (Å²) in [6.07, 6.45) is -1.06. The number of hydrogen-bond donors (Lipinski definition) is 0. The average molecular weight is 318 g/mol. The van der Waals surface area contributed by atoms with Gasteiger partial charge in [0.05, 0.1) is 17.5 Å². The Morgan fingerprint density at radius 3 is 2.13 bits per heavy atom. The highest BCUT2D eigenvalue weighted by molar-refractivity contribution is 6.21. The summed E-state index contributed by atoms with van der Waals surface area (Å²) in [6, 6.07) is 6.50. The molecule has 0 spiro atoms. The molecule has 0 N–H and O–H groups in total.